The molecule has 0 N–H and O–H groups in total. The van der Waals surface area contributed by atoms with Gasteiger partial charge in [-0.15, -0.1) is 0 Å². The van der Waals surface area contributed by atoms with Crippen molar-refractivity contribution < 1.29 is 13.9 Å². The minimum absolute atomic E-state index is 0.0701. The third-order valence-electron chi connectivity index (χ3n) is 4.73. The number of hydrogen-bond donors (Lipinski definition) is 0. The molecule has 0 radical (unpaired) electrons. The van der Waals surface area contributed by atoms with E-state index in [-0.39, 0.29) is 11.3 Å². The Balaban J connectivity index is 1.51. The lowest BCUT2D eigenvalue weighted by molar-refractivity contribution is 0.0663. The quantitative estimate of drug-likeness (QED) is 0.831. The summed E-state index contributed by atoms with van der Waals surface area (Å²) in [5, 5.41) is 0. The second-order valence-electron chi connectivity index (χ2n) is 6.48. The summed E-state index contributed by atoms with van der Waals surface area (Å²) < 4.78 is 11.1. The lowest BCUT2D eigenvalue weighted by Gasteiger charge is -2.31. The molecule has 2 aliphatic rings. The van der Waals surface area contributed by atoms with Crippen molar-refractivity contribution in [2.45, 2.75) is 6.42 Å². The number of aromatic nitrogens is 2. The van der Waals surface area contributed by atoms with Crippen LogP contribution in [-0.4, -0.2) is 60.2 Å². The number of hydrogen-bond acceptors (Lipinski definition) is 6. The van der Waals surface area contributed by atoms with Gasteiger partial charge in [0.05, 0.1) is 19.5 Å². The van der Waals surface area contributed by atoms with Crippen molar-refractivity contribution in [3.05, 3.63) is 42.6 Å². The van der Waals surface area contributed by atoms with Crippen LogP contribution in [0.3, 0.4) is 0 Å². The summed E-state index contributed by atoms with van der Waals surface area (Å²) in [7, 11) is 0. The van der Waals surface area contributed by atoms with Gasteiger partial charge in [-0.2, -0.15) is 0 Å². The first-order valence-corrected chi connectivity index (χ1v) is 8.18. The fourth-order valence-electron chi connectivity index (χ4n) is 3.53. The van der Waals surface area contributed by atoms with E-state index in [2.05, 4.69) is 14.9 Å². The Labute approximate surface area is 140 Å². The van der Waals surface area contributed by atoms with Gasteiger partial charge in [0, 0.05) is 44.0 Å². The minimum atomic E-state index is -0.0854. The highest BCUT2D eigenvalue weighted by molar-refractivity contribution is 5.91. The van der Waals surface area contributed by atoms with Gasteiger partial charge in [-0.3, -0.25) is 4.79 Å². The molecule has 1 amide bonds. The van der Waals surface area contributed by atoms with Gasteiger partial charge in [-0.05, 0) is 24.6 Å². The first-order chi connectivity index (χ1) is 11.8. The van der Waals surface area contributed by atoms with Gasteiger partial charge in [0.1, 0.15) is 0 Å². The summed E-state index contributed by atoms with van der Waals surface area (Å²) in [6.07, 6.45) is 5.99. The molecule has 7 heteroatoms. The molecule has 0 unspecified atom stereocenters. The van der Waals surface area contributed by atoms with E-state index in [0.717, 1.165) is 25.5 Å². The number of nitrogens with zero attached hydrogens (tertiary/aromatic N) is 4. The summed E-state index contributed by atoms with van der Waals surface area (Å²) in [6, 6.07) is 5.26. The summed E-state index contributed by atoms with van der Waals surface area (Å²) in [4.78, 5) is 25.3. The van der Waals surface area contributed by atoms with Crippen LogP contribution < -0.4 is 4.90 Å². The van der Waals surface area contributed by atoms with Crippen molar-refractivity contribution in [2.24, 2.45) is 5.41 Å². The highest BCUT2D eigenvalue weighted by Crippen LogP contribution is 2.35. The number of carbonyl (C=O) groups excluding carboxylic acids is 1. The van der Waals surface area contributed by atoms with E-state index >= 15 is 0 Å². The number of rotatable bonds is 2. The van der Waals surface area contributed by atoms with Crippen molar-refractivity contribution in [2.75, 3.05) is 44.3 Å². The van der Waals surface area contributed by atoms with E-state index in [9.17, 15) is 4.79 Å². The zero-order chi connectivity index (χ0) is 16.4. The predicted molar refractivity (Wildman–Crippen MR) is 86.7 cm³/mol. The summed E-state index contributed by atoms with van der Waals surface area (Å²) >= 11 is 0. The van der Waals surface area contributed by atoms with Crippen LogP contribution in [0.15, 0.2) is 41.3 Å². The van der Waals surface area contributed by atoms with Crippen molar-refractivity contribution in [3.63, 3.8) is 0 Å². The first-order valence-electron chi connectivity index (χ1n) is 8.18. The highest BCUT2D eigenvalue weighted by atomic mass is 16.5. The lowest BCUT2D eigenvalue weighted by Crippen LogP contribution is -2.43. The SMILES string of the molecule is O=C(c1ccco1)N1CCOC[C@]2(CCN(c3ncccn3)C2)C1. The van der Waals surface area contributed by atoms with E-state index in [1.54, 1.807) is 24.5 Å². The molecule has 126 valence electrons. The molecule has 24 heavy (non-hydrogen) atoms. The number of anilines is 1. The van der Waals surface area contributed by atoms with Crippen LogP contribution in [0.1, 0.15) is 17.0 Å². The third-order valence-corrected chi connectivity index (χ3v) is 4.73. The molecule has 0 bridgehead atoms. The van der Waals surface area contributed by atoms with Crippen molar-refractivity contribution in [1.29, 1.82) is 0 Å². The molecule has 0 aromatic carbocycles. The summed E-state index contributed by atoms with van der Waals surface area (Å²) in [5.41, 5.74) is -0.0854. The monoisotopic (exact) mass is 328 g/mol. The second-order valence-corrected chi connectivity index (χ2v) is 6.48. The van der Waals surface area contributed by atoms with E-state index in [1.165, 1.54) is 6.26 Å². The number of ether oxygens (including phenoxy) is 1. The third kappa shape index (κ3) is 2.87. The van der Waals surface area contributed by atoms with Crippen LogP contribution >= 0.6 is 0 Å². The second kappa shape index (κ2) is 6.24. The first kappa shape index (κ1) is 15.1. The molecule has 2 saturated heterocycles. The maximum Gasteiger partial charge on any atom is 0.289 e. The Morgan fingerprint density at radius 1 is 1.17 bits per heavy atom. The Morgan fingerprint density at radius 2 is 2.04 bits per heavy atom. The topological polar surface area (TPSA) is 71.7 Å². The average Bonchev–Trinajstić information content (AvgIpc) is 3.24. The maximum absolute atomic E-state index is 12.6. The van der Waals surface area contributed by atoms with E-state index in [1.807, 2.05) is 11.0 Å². The van der Waals surface area contributed by atoms with Crippen LogP contribution in [0.25, 0.3) is 0 Å². The van der Waals surface area contributed by atoms with Gasteiger partial charge in [0.15, 0.2) is 5.76 Å². The number of carbonyl (C=O) groups is 1. The molecular formula is C17H20N4O3. The summed E-state index contributed by atoms with van der Waals surface area (Å²) in [6.45, 7) is 4.11. The van der Waals surface area contributed by atoms with E-state index in [4.69, 9.17) is 9.15 Å². The number of furan rings is 1. The normalized spacial score (nSPS) is 24.3. The molecule has 0 aliphatic carbocycles. The fraction of sp³-hybridized carbons (Fsp3) is 0.471. The average molecular weight is 328 g/mol. The van der Waals surface area contributed by atoms with Crippen LogP contribution in [0.5, 0.6) is 0 Å². The van der Waals surface area contributed by atoms with Gasteiger partial charge in [-0.1, -0.05) is 0 Å². The van der Waals surface area contributed by atoms with Gasteiger partial charge >= 0.3 is 0 Å². The Morgan fingerprint density at radius 3 is 2.83 bits per heavy atom. The molecule has 0 saturated carbocycles. The Hall–Kier alpha value is -2.41. The van der Waals surface area contributed by atoms with Crippen LogP contribution in [0.2, 0.25) is 0 Å². The molecule has 7 nitrogen and oxygen atoms in total. The van der Waals surface area contributed by atoms with E-state index in [0.29, 0.717) is 32.1 Å². The molecule has 2 fully saturated rings. The molecule has 2 aliphatic heterocycles. The minimum Gasteiger partial charge on any atom is -0.459 e. The number of amides is 1. The molecule has 1 atom stereocenters. The van der Waals surface area contributed by atoms with Crippen LogP contribution in [0, 0.1) is 5.41 Å². The van der Waals surface area contributed by atoms with Gasteiger partial charge in [0.25, 0.3) is 5.91 Å². The fourth-order valence-corrected chi connectivity index (χ4v) is 3.53. The maximum atomic E-state index is 12.6. The van der Waals surface area contributed by atoms with Gasteiger partial charge in [0.2, 0.25) is 5.95 Å². The zero-order valence-electron chi connectivity index (χ0n) is 13.4. The largest absolute Gasteiger partial charge is 0.459 e. The highest BCUT2D eigenvalue weighted by Gasteiger charge is 2.43. The van der Waals surface area contributed by atoms with Crippen LogP contribution in [0.4, 0.5) is 5.95 Å². The van der Waals surface area contributed by atoms with Gasteiger partial charge < -0.3 is 19.0 Å². The van der Waals surface area contributed by atoms with Crippen molar-refractivity contribution in [1.82, 2.24) is 14.9 Å². The molecule has 2 aromatic rings. The van der Waals surface area contributed by atoms with E-state index < -0.39 is 0 Å². The predicted octanol–water partition coefficient (Wildman–Crippen LogP) is 1.44. The lowest BCUT2D eigenvalue weighted by atomic mass is 9.87. The molecular weight excluding hydrogens is 308 g/mol. The molecule has 4 heterocycles. The van der Waals surface area contributed by atoms with Crippen molar-refractivity contribution in [3.8, 4) is 0 Å². The smallest absolute Gasteiger partial charge is 0.289 e. The van der Waals surface area contributed by atoms with Gasteiger partial charge in [-0.25, -0.2) is 9.97 Å². The van der Waals surface area contributed by atoms with Crippen LogP contribution in [-0.2, 0) is 4.74 Å². The summed E-state index contributed by atoms with van der Waals surface area (Å²) in [5.74, 6) is 1.05. The Kier molecular flexibility index (Phi) is 3.93. The molecule has 2 aromatic heterocycles. The molecule has 4 rings (SSSR count). The standard InChI is InChI=1S/C17H20N4O3/c22-15(14-3-1-9-24-14)20-8-10-23-13-17(11-20)4-7-21(12-17)16-18-5-2-6-19-16/h1-3,5-6,9H,4,7-8,10-13H2/t17-/m1/s1. The van der Waals surface area contributed by atoms with Crippen molar-refractivity contribution >= 4 is 11.9 Å². The Bertz CT molecular complexity index is 691. The molecule has 1 spiro atoms. The zero-order valence-corrected chi connectivity index (χ0v) is 13.4.